The first kappa shape index (κ1) is 20.5. The summed E-state index contributed by atoms with van der Waals surface area (Å²) in [5, 5.41) is 17.2. The zero-order chi connectivity index (χ0) is 15.8. The fraction of sp³-hybridized carbons (Fsp3) is 0.562. The molecule has 1 aliphatic heterocycles. The molecule has 0 aromatic heterocycles. The number of nitrogens with one attached hydrogen (secondary N) is 2. The normalized spacial score (nSPS) is 19.1. The lowest BCUT2D eigenvalue weighted by Crippen LogP contribution is -2.40. The third-order valence-corrected chi connectivity index (χ3v) is 4.95. The van der Waals surface area contributed by atoms with Gasteiger partial charge < -0.3 is 15.7 Å². The van der Waals surface area contributed by atoms with Crippen LogP contribution in [0.3, 0.4) is 0 Å². The number of aliphatic hydroxyl groups excluding tert-OH is 1. The molecule has 2 atom stereocenters. The maximum atomic E-state index is 13.6. The standard InChI is InChI=1S/C16H24FN3OS.HI/c1-2-18-16(19-10-12-6-5-9-22-12)20-11-15(21)13-7-3-4-8-14(13)17;/h3-4,7-8,12,15,21H,2,5-6,9-11H2,1H3,(H2,18,19,20);1H. The molecule has 0 aliphatic carbocycles. The van der Waals surface area contributed by atoms with E-state index < -0.39 is 11.9 Å². The van der Waals surface area contributed by atoms with Crippen molar-refractivity contribution in [1.82, 2.24) is 10.6 Å². The fourth-order valence-electron chi connectivity index (χ4n) is 2.38. The van der Waals surface area contributed by atoms with Gasteiger partial charge in [0.15, 0.2) is 5.96 Å². The molecule has 2 rings (SSSR count). The lowest BCUT2D eigenvalue weighted by Gasteiger charge is -2.15. The van der Waals surface area contributed by atoms with Gasteiger partial charge in [0.2, 0.25) is 0 Å². The van der Waals surface area contributed by atoms with Crippen molar-refractivity contribution in [2.75, 3.05) is 25.4 Å². The number of aliphatic hydroxyl groups is 1. The van der Waals surface area contributed by atoms with Crippen molar-refractivity contribution in [3.63, 3.8) is 0 Å². The van der Waals surface area contributed by atoms with Gasteiger partial charge in [-0.3, -0.25) is 4.99 Å². The second-order valence-electron chi connectivity index (χ2n) is 5.27. The van der Waals surface area contributed by atoms with E-state index in [9.17, 15) is 9.50 Å². The number of aliphatic imine (C=N–C) groups is 1. The number of rotatable bonds is 6. The van der Waals surface area contributed by atoms with Gasteiger partial charge in [-0.15, -0.1) is 24.0 Å². The van der Waals surface area contributed by atoms with E-state index in [2.05, 4.69) is 15.6 Å². The highest BCUT2D eigenvalue weighted by Gasteiger charge is 2.16. The van der Waals surface area contributed by atoms with Gasteiger partial charge in [-0.1, -0.05) is 18.2 Å². The molecule has 0 amide bonds. The molecule has 0 radical (unpaired) electrons. The fourth-order valence-corrected chi connectivity index (χ4v) is 3.58. The van der Waals surface area contributed by atoms with Crippen LogP contribution in [0.15, 0.2) is 29.3 Å². The van der Waals surface area contributed by atoms with Crippen LogP contribution in [0.1, 0.15) is 31.4 Å². The van der Waals surface area contributed by atoms with Crippen molar-refractivity contribution < 1.29 is 9.50 Å². The third-order valence-electron chi connectivity index (χ3n) is 3.55. The molecule has 4 nitrogen and oxygen atoms in total. The molecule has 1 saturated heterocycles. The first-order valence-electron chi connectivity index (χ1n) is 7.77. The van der Waals surface area contributed by atoms with Gasteiger partial charge in [0.05, 0.1) is 6.54 Å². The average molecular weight is 453 g/mol. The van der Waals surface area contributed by atoms with Gasteiger partial charge in [-0.05, 0) is 31.6 Å². The molecule has 1 aromatic rings. The van der Waals surface area contributed by atoms with Crippen LogP contribution >= 0.6 is 35.7 Å². The second kappa shape index (κ2) is 11.1. The van der Waals surface area contributed by atoms with Crippen molar-refractivity contribution in [3.05, 3.63) is 35.6 Å². The highest BCUT2D eigenvalue weighted by molar-refractivity contribution is 14.0. The molecule has 0 bridgehead atoms. The number of nitrogens with zero attached hydrogens (tertiary/aromatic N) is 1. The third kappa shape index (κ3) is 6.84. The van der Waals surface area contributed by atoms with E-state index in [0.29, 0.717) is 11.2 Å². The SMILES string of the molecule is CCNC(=NCC(O)c1ccccc1F)NCC1CCCS1.I. The lowest BCUT2D eigenvalue weighted by atomic mass is 10.1. The van der Waals surface area contributed by atoms with E-state index in [1.54, 1.807) is 18.2 Å². The minimum absolute atomic E-state index is 0. The van der Waals surface area contributed by atoms with Crippen molar-refractivity contribution >= 4 is 41.7 Å². The molecule has 7 heteroatoms. The van der Waals surface area contributed by atoms with E-state index >= 15 is 0 Å². The average Bonchev–Trinajstić information content (AvgIpc) is 3.03. The number of halogens is 2. The highest BCUT2D eigenvalue weighted by Crippen LogP contribution is 2.25. The van der Waals surface area contributed by atoms with E-state index in [1.165, 1.54) is 24.7 Å². The summed E-state index contributed by atoms with van der Waals surface area (Å²) in [6.07, 6.45) is 1.57. The molecule has 1 heterocycles. The minimum atomic E-state index is -0.933. The van der Waals surface area contributed by atoms with Crippen molar-refractivity contribution in [1.29, 1.82) is 0 Å². The van der Waals surface area contributed by atoms with Crippen molar-refractivity contribution in [2.45, 2.75) is 31.1 Å². The van der Waals surface area contributed by atoms with Gasteiger partial charge in [0.1, 0.15) is 11.9 Å². The Morgan fingerprint density at radius 2 is 2.22 bits per heavy atom. The van der Waals surface area contributed by atoms with E-state index in [-0.39, 0.29) is 36.1 Å². The molecule has 23 heavy (non-hydrogen) atoms. The minimum Gasteiger partial charge on any atom is -0.386 e. The van der Waals surface area contributed by atoms with Crippen molar-refractivity contribution in [2.24, 2.45) is 4.99 Å². The summed E-state index contributed by atoms with van der Waals surface area (Å²) in [4.78, 5) is 4.36. The first-order valence-corrected chi connectivity index (χ1v) is 8.82. The second-order valence-corrected chi connectivity index (χ2v) is 6.68. The van der Waals surface area contributed by atoms with Crippen LogP contribution < -0.4 is 10.6 Å². The highest BCUT2D eigenvalue weighted by atomic mass is 127. The van der Waals surface area contributed by atoms with E-state index in [0.717, 1.165) is 13.1 Å². The zero-order valence-corrected chi connectivity index (χ0v) is 16.4. The summed E-state index contributed by atoms with van der Waals surface area (Å²) < 4.78 is 13.6. The summed E-state index contributed by atoms with van der Waals surface area (Å²) >= 11 is 1.98. The Balaban J connectivity index is 0.00000264. The Hall–Kier alpha value is -0.540. The summed E-state index contributed by atoms with van der Waals surface area (Å²) in [5.74, 6) is 1.50. The Morgan fingerprint density at radius 3 is 2.87 bits per heavy atom. The van der Waals surface area contributed by atoms with Crippen molar-refractivity contribution in [3.8, 4) is 0 Å². The van der Waals surface area contributed by atoms with Crippen LogP contribution in [0.4, 0.5) is 4.39 Å². The molecular weight excluding hydrogens is 428 g/mol. The number of hydrogen-bond acceptors (Lipinski definition) is 3. The Morgan fingerprint density at radius 1 is 1.43 bits per heavy atom. The van der Waals surface area contributed by atoms with Crippen LogP contribution in [0.5, 0.6) is 0 Å². The maximum absolute atomic E-state index is 13.6. The Bertz CT molecular complexity index is 498. The predicted octanol–water partition coefficient (Wildman–Crippen LogP) is 2.93. The van der Waals surface area contributed by atoms with Crippen LogP contribution in [0.2, 0.25) is 0 Å². The summed E-state index contributed by atoms with van der Waals surface area (Å²) in [6, 6.07) is 6.26. The molecule has 3 N–H and O–H groups in total. The molecule has 130 valence electrons. The van der Waals surface area contributed by atoms with Crippen LogP contribution in [0.25, 0.3) is 0 Å². The number of thioether (sulfide) groups is 1. The van der Waals surface area contributed by atoms with Crippen LogP contribution in [-0.2, 0) is 0 Å². The molecule has 1 aromatic carbocycles. The number of guanidine groups is 1. The van der Waals surface area contributed by atoms with Crippen LogP contribution in [0, 0.1) is 5.82 Å². The number of benzene rings is 1. The molecule has 0 spiro atoms. The summed E-state index contributed by atoms with van der Waals surface area (Å²) in [7, 11) is 0. The number of hydrogen-bond donors (Lipinski definition) is 3. The van der Waals surface area contributed by atoms with Gasteiger partial charge >= 0.3 is 0 Å². The summed E-state index contributed by atoms with van der Waals surface area (Å²) in [5.41, 5.74) is 0.286. The molecule has 0 saturated carbocycles. The van der Waals surface area contributed by atoms with Crippen LogP contribution in [-0.4, -0.2) is 41.7 Å². The first-order chi connectivity index (χ1) is 10.7. The van der Waals surface area contributed by atoms with Gasteiger partial charge in [-0.2, -0.15) is 11.8 Å². The Kier molecular flexibility index (Phi) is 9.89. The van der Waals surface area contributed by atoms with E-state index in [4.69, 9.17) is 0 Å². The largest absolute Gasteiger partial charge is 0.386 e. The maximum Gasteiger partial charge on any atom is 0.191 e. The van der Waals surface area contributed by atoms with Gasteiger partial charge in [0, 0.05) is 23.9 Å². The monoisotopic (exact) mass is 453 g/mol. The Labute approximate surface area is 158 Å². The zero-order valence-electron chi connectivity index (χ0n) is 13.3. The molecular formula is C16H25FIN3OS. The molecule has 2 unspecified atom stereocenters. The smallest absolute Gasteiger partial charge is 0.191 e. The lowest BCUT2D eigenvalue weighted by molar-refractivity contribution is 0.182. The van der Waals surface area contributed by atoms with Gasteiger partial charge in [0.25, 0.3) is 0 Å². The van der Waals surface area contributed by atoms with Gasteiger partial charge in [-0.25, -0.2) is 4.39 Å². The topological polar surface area (TPSA) is 56.7 Å². The quantitative estimate of drug-likeness (QED) is 0.352. The molecule has 1 fully saturated rings. The predicted molar refractivity (Wildman–Crippen MR) is 106 cm³/mol. The molecule has 1 aliphatic rings. The summed E-state index contributed by atoms with van der Waals surface area (Å²) in [6.45, 7) is 3.74. The van der Waals surface area contributed by atoms with E-state index in [1.807, 2.05) is 18.7 Å².